The quantitative estimate of drug-likeness (QED) is 0.601. The van der Waals surface area contributed by atoms with Gasteiger partial charge in [-0.15, -0.1) is 0 Å². The first-order valence-electron chi connectivity index (χ1n) is 5.94. The minimum atomic E-state index is -0.310. The normalized spacial score (nSPS) is 18.2. The molecule has 1 aliphatic carbocycles. The predicted octanol–water partition coefficient (Wildman–Crippen LogP) is 0.283. The molecular weight excluding hydrogens is 218 g/mol. The largest absolute Gasteiger partial charge is 0.391 e. The molecule has 1 saturated carbocycles. The summed E-state index contributed by atoms with van der Waals surface area (Å²) in [5.74, 6) is 0.452. The lowest BCUT2D eigenvalue weighted by Gasteiger charge is -2.27. The molecule has 0 radical (unpaired) electrons. The Hall–Kier alpha value is -1.56. The van der Waals surface area contributed by atoms with Gasteiger partial charge in [0.25, 0.3) is 5.56 Å². The van der Waals surface area contributed by atoms with Crippen LogP contribution in [0.5, 0.6) is 0 Å². The Labute approximate surface area is 99.8 Å². The minimum absolute atomic E-state index is 0.136. The summed E-state index contributed by atoms with van der Waals surface area (Å²) in [7, 11) is 0. The molecule has 0 bridgehead atoms. The van der Waals surface area contributed by atoms with Crippen molar-refractivity contribution in [3.05, 3.63) is 16.7 Å². The molecule has 0 saturated heterocycles. The van der Waals surface area contributed by atoms with Crippen LogP contribution in [0.2, 0.25) is 0 Å². The number of aromatic amines is 1. The molecule has 6 N–H and O–H groups in total. The lowest BCUT2D eigenvalue weighted by molar-refractivity contribution is 0.332. The smallest absolute Gasteiger partial charge is 0.276 e. The highest BCUT2D eigenvalue weighted by atomic mass is 16.1. The number of nitrogens with one attached hydrogen (secondary N) is 2. The Morgan fingerprint density at radius 1 is 1.47 bits per heavy atom. The van der Waals surface area contributed by atoms with Crippen LogP contribution >= 0.6 is 0 Å². The second-order valence-corrected chi connectivity index (χ2v) is 4.76. The van der Waals surface area contributed by atoms with Gasteiger partial charge >= 0.3 is 0 Å². The van der Waals surface area contributed by atoms with Crippen molar-refractivity contribution >= 4 is 11.5 Å². The van der Waals surface area contributed by atoms with Gasteiger partial charge in [0.05, 0.1) is 6.33 Å². The van der Waals surface area contributed by atoms with Crippen LogP contribution in [0, 0.1) is 5.41 Å². The summed E-state index contributed by atoms with van der Waals surface area (Å²) < 4.78 is 0. The molecule has 1 aliphatic rings. The Morgan fingerprint density at radius 2 is 2.18 bits per heavy atom. The number of H-pyrrole nitrogens is 1. The van der Waals surface area contributed by atoms with E-state index in [2.05, 4.69) is 15.3 Å². The molecule has 1 aromatic heterocycles. The van der Waals surface area contributed by atoms with Crippen molar-refractivity contribution < 1.29 is 0 Å². The fourth-order valence-corrected chi connectivity index (χ4v) is 2.40. The highest BCUT2D eigenvalue weighted by Crippen LogP contribution is 2.37. The number of aromatic nitrogens is 2. The maximum absolute atomic E-state index is 11.3. The third kappa shape index (κ3) is 2.41. The maximum Gasteiger partial charge on any atom is 0.276 e. The van der Waals surface area contributed by atoms with Crippen LogP contribution in [-0.2, 0) is 0 Å². The summed E-state index contributed by atoms with van der Waals surface area (Å²) in [6.07, 6.45) is 6.04. The summed E-state index contributed by atoms with van der Waals surface area (Å²) >= 11 is 0. The summed E-state index contributed by atoms with van der Waals surface area (Å²) in [5, 5.41) is 3.15. The SMILES string of the molecule is NCC1(CNc2nc[nH]c(=O)c2N)CCCC1. The Morgan fingerprint density at radius 3 is 2.82 bits per heavy atom. The molecule has 17 heavy (non-hydrogen) atoms. The summed E-state index contributed by atoms with van der Waals surface area (Å²) in [4.78, 5) is 17.8. The number of hydrogen-bond donors (Lipinski definition) is 4. The van der Waals surface area contributed by atoms with E-state index >= 15 is 0 Å². The molecule has 1 fully saturated rings. The van der Waals surface area contributed by atoms with Crippen molar-refractivity contribution in [1.29, 1.82) is 0 Å². The third-order valence-corrected chi connectivity index (χ3v) is 3.62. The molecule has 0 atom stereocenters. The molecule has 0 aliphatic heterocycles. The molecule has 6 nitrogen and oxygen atoms in total. The second kappa shape index (κ2) is 4.75. The average molecular weight is 237 g/mol. The molecule has 0 amide bonds. The molecular formula is C11H19N5O. The first-order valence-corrected chi connectivity index (χ1v) is 5.94. The lowest BCUT2D eigenvalue weighted by atomic mass is 9.86. The van der Waals surface area contributed by atoms with Gasteiger partial charge in [0.1, 0.15) is 5.69 Å². The van der Waals surface area contributed by atoms with Gasteiger partial charge in [-0.05, 0) is 24.8 Å². The van der Waals surface area contributed by atoms with Crippen LogP contribution in [0.15, 0.2) is 11.1 Å². The highest BCUT2D eigenvalue weighted by molar-refractivity contribution is 5.58. The molecule has 6 heteroatoms. The number of nitrogens with two attached hydrogens (primary N) is 2. The minimum Gasteiger partial charge on any atom is -0.391 e. The van der Waals surface area contributed by atoms with Crippen LogP contribution in [0.3, 0.4) is 0 Å². The monoisotopic (exact) mass is 237 g/mol. The van der Waals surface area contributed by atoms with Crippen LogP contribution in [-0.4, -0.2) is 23.1 Å². The summed E-state index contributed by atoms with van der Waals surface area (Å²) in [5.41, 5.74) is 11.5. The van der Waals surface area contributed by atoms with Crippen LogP contribution < -0.4 is 22.3 Å². The summed E-state index contributed by atoms with van der Waals surface area (Å²) in [6.45, 7) is 1.38. The van der Waals surface area contributed by atoms with Crippen molar-refractivity contribution in [2.45, 2.75) is 25.7 Å². The van der Waals surface area contributed by atoms with E-state index in [0.717, 1.165) is 19.4 Å². The van der Waals surface area contributed by atoms with E-state index in [1.807, 2.05) is 0 Å². The van der Waals surface area contributed by atoms with Gasteiger partial charge in [0.2, 0.25) is 0 Å². The first-order chi connectivity index (χ1) is 8.17. The number of nitrogen functional groups attached to an aromatic ring is 1. The molecule has 2 rings (SSSR count). The van der Waals surface area contributed by atoms with E-state index < -0.39 is 0 Å². The number of hydrogen-bond acceptors (Lipinski definition) is 5. The molecule has 0 aromatic carbocycles. The molecule has 0 unspecified atom stereocenters. The van der Waals surface area contributed by atoms with E-state index in [9.17, 15) is 4.79 Å². The number of anilines is 2. The number of rotatable bonds is 4. The van der Waals surface area contributed by atoms with Gasteiger partial charge in [-0.25, -0.2) is 4.98 Å². The second-order valence-electron chi connectivity index (χ2n) is 4.76. The predicted molar refractivity (Wildman–Crippen MR) is 67.7 cm³/mol. The average Bonchev–Trinajstić information content (AvgIpc) is 2.81. The zero-order valence-electron chi connectivity index (χ0n) is 9.83. The van der Waals surface area contributed by atoms with Gasteiger partial charge < -0.3 is 21.8 Å². The molecule has 1 heterocycles. The third-order valence-electron chi connectivity index (χ3n) is 3.62. The zero-order chi connectivity index (χ0) is 12.3. The van der Waals surface area contributed by atoms with Gasteiger partial charge in [0, 0.05) is 6.54 Å². The number of nitrogens with zero attached hydrogens (tertiary/aromatic N) is 1. The van der Waals surface area contributed by atoms with E-state index in [1.54, 1.807) is 0 Å². The van der Waals surface area contributed by atoms with Crippen LogP contribution in [0.1, 0.15) is 25.7 Å². The van der Waals surface area contributed by atoms with E-state index in [4.69, 9.17) is 11.5 Å². The van der Waals surface area contributed by atoms with Gasteiger partial charge in [-0.1, -0.05) is 12.8 Å². The summed E-state index contributed by atoms with van der Waals surface area (Å²) in [6, 6.07) is 0. The Kier molecular flexibility index (Phi) is 3.33. The topological polar surface area (TPSA) is 110 Å². The molecule has 1 aromatic rings. The van der Waals surface area contributed by atoms with Crippen molar-refractivity contribution in [3.63, 3.8) is 0 Å². The van der Waals surface area contributed by atoms with Gasteiger partial charge in [0.15, 0.2) is 5.82 Å². The van der Waals surface area contributed by atoms with E-state index in [-0.39, 0.29) is 16.7 Å². The Bertz CT molecular complexity index is 436. The van der Waals surface area contributed by atoms with Gasteiger partial charge in [-0.3, -0.25) is 4.79 Å². The van der Waals surface area contributed by atoms with Gasteiger partial charge in [-0.2, -0.15) is 0 Å². The van der Waals surface area contributed by atoms with Crippen molar-refractivity contribution in [2.75, 3.05) is 24.1 Å². The van der Waals surface area contributed by atoms with Crippen molar-refractivity contribution in [1.82, 2.24) is 9.97 Å². The fourth-order valence-electron chi connectivity index (χ4n) is 2.40. The Balaban J connectivity index is 2.06. The lowest BCUT2D eigenvalue weighted by Crippen LogP contribution is -2.35. The van der Waals surface area contributed by atoms with Crippen LogP contribution in [0.25, 0.3) is 0 Å². The van der Waals surface area contributed by atoms with Crippen molar-refractivity contribution in [3.8, 4) is 0 Å². The molecule has 0 spiro atoms. The van der Waals surface area contributed by atoms with E-state index in [0.29, 0.717) is 12.4 Å². The fraction of sp³-hybridized carbons (Fsp3) is 0.636. The zero-order valence-corrected chi connectivity index (χ0v) is 9.83. The first kappa shape index (κ1) is 11.9. The van der Waals surface area contributed by atoms with Crippen LogP contribution in [0.4, 0.5) is 11.5 Å². The van der Waals surface area contributed by atoms with Crippen molar-refractivity contribution in [2.24, 2.45) is 11.1 Å². The molecule has 94 valence electrons. The van der Waals surface area contributed by atoms with E-state index in [1.165, 1.54) is 19.2 Å². The highest BCUT2D eigenvalue weighted by Gasteiger charge is 2.32. The standard InChI is InChI=1S/C11H19N5O/c12-5-11(3-1-2-4-11)6-14-9-8(13)10(17)16-7-15-9/h7H,1-6,12-13H2,(H2,14,15,16,17). The maximum atomic E-state index is 11.3.